The number of hydrogen-bond acceptors (Lipinski definition) is 1. The van der Waals surface area contributed by atoms with Gasteiger partial charge >= 0.3 is 0 Å². The predicted octanol–water partition coefficient (Wildman–Crippen LogP) is 4.64. The Morgan fingerprint density at radius 3 is 2.79 bits per heavy atom. The largest absolute Gasteiger partial charge is 0.310 e. The highest BCUT2D eigenvalue weighted by Crippen LogP contribution is 2.27. The summed E-state index contributed by atoms with van der Waals surface area (Å²) in [5.74, 6) is 1.54. The Morgan fingerprint density at radius 2 is 2.11 bits per heavy atom. The van der Waals surface area contributed by atoms with E-state index in [-0.39, 0.29) is 0 Å². The summed E-state index contributed by atoms with van der Waals surface area (Å²) in [5.41, 5.74) is 4.31. The standard InChI is InChI=1S/C18H27N/c1-13-6-5-7-18(11-13)16(4)19-12-17-9-14(2)8-15(3)10-17/h5-8,11,14,16-17,19H,9-10,12H2,1-4H3/t14?,16-,17?/m0/s1. The number of rotatable bonds is 4. The van der Waals surface area contributed by atoms with Crippen LogP contribution < -0.4 is 5.32 Å². The van der Waals surface area contributed by atoms with Gasteiger partial charge in [-0.3, -0.25) is 0 Å². The zero-order chi connectivity index (χ0) is 13.8. The van der Waals surface area contributed by atoms with Crippen LogP contribution in [-0.2, 0) is 0 Å². The van der Waals surface area contributed by atoms with Crippen molar-refractivity contribution in [1.82, 2.24) is 5.32 Å². The molecule has 0 aromatic heterocycles. The predicted molar refractivity (Wildman–Crippen MR) is 83.2 cm³/mol. The van der Waals surface area contributed by atoms with Crippen LogP contribution in [0.2, 0.25) is 0 Å². The molecule has 1 aliphatic rings. The van der Waals surface area contributed by atoms with Crippen molar-refractivity contribution in [3.8, 4) is 0 Å². The molecule has 0 radical (unpaired) electrons. The van der Waals surface area contributed by atoms with E-state index in [1.807, 2.05) is 0 Å². The van der Waals surface area contributed by atoms with Crippen LogP contribution in [0.25, 0.3) is 0 Å². The number of allylic oxidation sites excluding steroid dienone is 2. The van der Waals surface area contributed by atoms with Gasteiger partial charge in [0, 0.05) is 6.04 Å². The molecule has 0 spiro atoms. The Bertz CT molecular complexity index is 447. The summed E-state index contributed by atoms with van der Waals surface area (Å²) < 4.78 is 0. The minimum absolute atomic E-state index is 0.446. The smallest absolute Gasteiger partial charge is 0.0292 e. The zero-order valence-electron chi connectivity index (χ0n) is 12.7. The molecule has 0 saturated carbocycles. The van der Waals surface area contributed by atoms with E-state index in [0.29, 0.717) is 6.04 Å². The zero-order valence-corrected chi connectivity index (χ0v) is 12.7. The second kappa shape index (κ2) is 6.38. The molecule has 0 amide bonds. The van der Waals surface area contributed by atoms with Gasteiger partial charge in [0.05, 0.1) is 0 Å². The summed E-state index contributed by atoms with van der Waals surface area (Å²) in [6.07, 6.45) is 5.02. The minimum Gasteiger partial charge on any atom is -0.310 e. The number of benzene rings is 1. The van der Waals surface area contributed by atoms with E-state index < -0.39 is 0 Å². The molecule has 1 N–H and O–H groups in total. The van der Waals surface area contributed by atoms with E-state index in [1.54, 1.807) is 5.57 Å². The lowest BCUT2D eigenvalue weighted by Crippen LogP contribution is -2.28. The minimum atomic E-state index is 0.446. The van der Waals surface area contributed by atoms with E-state index in [4.69, 9.17) is 0 Å². The quantitative estimate of drug-likeness (QED) is 0.775. The first-order valence-electron chi connectivity index (χ1n) is 7.52. The van der Waals surface area contributed by atoms with E-state index in [0.717, 1.165) is 18.4 Å². The van der Waals surface area contributed by atoms with Crippen LogP contribution in [0.4, 0.5) is 0 Å². The molecule has 2 unspecified atom stereocenters. The lowest BCUT2D eigenvalue weighted by Gasteiger charge is -2.27. The van der Waals surface area contributed by atoms with Gasteiger partial charge in [-0.1, -0.05) is 48.4 Å². The molecular weight excluding hydrogens is 230 g/mol. The molecule has 1 aliphatic carbocycles. The van der Waals surface area contributed by atoms with Crippen LogP contribution in [0, 0.1) is 18.8 Å². The second-order valence-electron chi connectivity index (χ2n) is 6.34. The molecule has 0 aliphatic heterocycles. The third kappa shape index (κ3) is 4.21. The van der Waals surface area contributed by atoms with Gasteiger partial charge in [0.25, 0.3) is 0 Å². The van der Waals surface area contributed by atoms with Crippen LogP contribution in [0.3, 0.4) is 0 Å². The maximum absolute atomic E-state index is 3.71. The highest BCUT2D eigenvalue weighted by Gasteiger charge is 2.18. The van der Waals surface area contributed by atoms with Gasteiger partial charge in [-0.15, -0.1) is 0 Å². The Hall–Kier alpha value is -1.08. The molecule has 1 aromatic rings. The van der Waals surface area contributed by atoms with Crippen molar-refractivity contribution in [3.05, 3.63) is 47.0 Å². The van der Waals surface area contributed by atoms with E-state index in [2.05, 4.69) is 63.4 Å². The Labute approximate surface area is 118 Å². The molecule has 0 saturated heterocycles. The van der Waals surface area contributed by atoms with Crippen LogP contribution in [-0.4, -0.2) is 6.54 Å². The van der Waals surface area contributed by atoms with Gasteiger partial charge in [0.15, 0.2) is 0 Å². The topological polar surface area (TPSA) is 12.0 Å². The maximum Gasteiger partial charge on any atom is 0.0292 e. The van der Waals surface area contributed by atoms with Gasteiger partial charge in [0.1, 0.15) is 0 Å². The fourth-order valence-electron chi connectivity index (χ4n) is 3.24. The lowest BCUT2D eigenvalue weighted by atomic mass is 9.83. The third-order valence-electron chi connectivity index (χ3n) is 4.14. The summed E-state index contributed by atoms with van der Waals surface area (Å²) in [6, 6.07) is 9.26. The van der Waals surface area contributed by atoms with Gasteiger partial charge in [-0.25, -0.2) is 0 Å². The van der Waals surface area contributed by atoms with Crippen molar-refractivity contribution in [1.29, 1.82) is 0 Å². The van der Waals surface area contributed by atoms with Crippen LogP contribution in [0.15, 0.2) is 35.9 Å². The van der Waals surface area contributed by atoms with Crippen molar-refractivity contribution < 1.29 is 0 Å². The molecule has 0 heterocycles. The van der Waals surface area contributed by atoms with Crippen molar-refractivity contribution in [3.63, 3.8) is 0 Å². The SMILES string of the molecule is CC1=CC(C)CC(CN[C@@H](C)c2cccc(C)c2)C1. The molecule has 1 heteroatoms. The van der Waals surface area contributed by atoms with E-state index in [9.17, 15) is 0 Å². The third-order valence-corrected chi connectivity index (χ3v) is 4.14. The number of aryl methyl sites for hydroxylation is 1. The van der Waals surface area contributed by atoms with Crippen LogP contribution in [0.1, 0.15) is 50.8 Å². The molecule has 0 fully saturated rings. The average Bonchev–Trinajstić information content (AvgIpc) is 2.35. The summed E-state index contributed by atoms with van der Waals surface area (Å²) in [7, 11) is 0. The normalized spacial score (nSPS) is 24.9. The summed E-state index contributed by atoms with van der Waals surface area (Å²) in [6.45, 7) is 10.2. The van der Waals surface area contributed by atoms with Gasteiger partial charge in [-0.05, 0) is 57.6 Å². The molecule has 1 aromatic carbocycles. The fraction of sp³-hybridized carbons (Fsp3) is 0.556. The molecule has 104 valence electrons. The first-order chi connectivity index (χ1) is 9.04. The van der Waals surface area contributed by atoms with Gasteiger partial charge in [-0.2, -0.15) is 0 Å². The Balaban J connectivity index is 1.87. The molecule has 0 bridgehead atoms. The Morgan fingerprint density at radius 1 is 1.32 bits per heavy atom. The van der Waals surface area contributed by atoms with E-state index in [1.165, 1.54) is 24.0 Å². The molecule has 19 heavy (non-hydrogen) atoms. The van der Waals surface area contributed by atoms with Crippen molar-refractivity contribution >= 4 is 0 Å². The van der Waals surface area contributed by atoms with Crippen molar-refractivity contribution in [2.24, 2.45) is 11.8 Å². The van der Waals surface area contributed by atoms with Crippen LogP contribution in [0.5, 0.6) is 0 Å². The molecule has 1 nitrogen and oxygen atoms in total. The molecule has 2 rings (SSSR count). The summed E-state index contributed by atoms with van der Waals surface area (Å²) in [4.78, 5) is 0. The van der Waals surface area contributed by atoms with Gasteiger partial charge in [0.2, 0.25) is 0 Å². The van der Waals surface area contributed by atoms with Crippen molar-refractivity contribution in [2.75, 3.05) is 6.54 Å². The summed E-state index contributed by atoms with van der Waals surface area (Å²) >= 11 is 0. The van der Waals surface area contributed by atoms with E-state index >= 15 is 0 Å². The first kappa shape index (κ1) is 14.3. The highest BCUT2D eigenvalue weighted by atomic mass is 14.9. The lowest BCUT2D eigenvalue weighted by molar-refractivity contribution is 0.366. The van der Waals surface area contributed by atoms with Crippen LogP contribution >= 0.6 is 0 Å². The molecular formula is C18H27N. The Kier molecular flexibility index (Phi) is 4.81. The number of hydrogen-bond donors (Lipinski definition) is 1. The second-order valence-corrected chi connectivity index (χ2v) is 6.34. The number of nitrogens with one attached hydrogen (secondary N) is 1. The first-order valence-corrected chi connectivity index (χ1v) is 7.52. The summed E-state index contributed by atoms with van der Waals surface area (Å²) in [5, 5.41) is 3.71. The van der Waals surface area contributed by atoms with Crippen molar-refractivity contribution in [2.45, 2.75) is 46.6 Å². The monoisotopic (exact) mass is 257 g/mol. The fourth-order valence-corrected chi connectivity index (χ4v) is 3.24. The average molecular weight is 257 g/mol. The maximum atomic E-state index is 3.71. The van der Waals surface area contributed by atoms with Gasteiger partial charge < -0.3 is 5.32 Å². The highest BCUT2D eigenvalue weighted by molar-refractivity contribution is 5.24. The molecule has 3 atom stereocenters.